The topological polar surface area (TPSA) is 38.5 Å². The van der Waals surface area contributed by atoms with E-state index in [0.717, 1.165) is 49.2 Å². The SMILES string of the molecule is CCOc1ccccc1N1CCN(Cn2nc(C3CC3)n(C)c2=S)CC1. The van der Waals surface area contributed by atoms with Crippen LogP contribution in [-0.4, -0.2) is 52.0 Å². The van der Waals surface area contributed by atoms with Gasteiger partial charge >= 0.3 is 0 Å². The van der Waals surface area contributed by atoms with Gasteiger partial charge < -0.3 is 14.2 Å². The quantitative estimate of drug-likeness (QED) is 0.728. The minimum atomic E-state index is 0.620. The lowest BCUT2D eigenvalue weighted by Crippen LogP contribution is -2.47. The first kappa shape index (κ1) is 17.5. The van der Waals surface area contributed by atoms with Gasteiger partial charge in [-0.05, 0) is 44.1 Å². The highest BCUT2D eigenvalue weighted by Crippen LogP contribution is 2.38. The zero-order valence-electron chi connectivity index (χ0n) is 15.6. The van der Waals surface area contributed by atoms with E-state index >= 15 is 0 Å². The zero-order valence-corrected chi connectivity index (χ0v) is 16.4. The van der Waals surface area contributed by atoms with E-state index in [1.165, 1.54) is 18.5 Å². The van der Waals surface area contributed by atoms with Crippen molar-refractivity contribution in [3.63, 3.8) is 0 Å². The van der Waals surface area contributed by atoms with Gasteiger partial charge in [0.25, 0.3) is 0 Å². The van der Waals surface area contributed by atoms with Gasteiger partial charge in [0, 0.05) is 39.1 Å². The summed E-state index contributed by atoms with van der Waals surface area (Å²) in [6.45, 7) is 7.47. The monoisotopic (exact) mass is 373 g/mol. The molecule has 1 aliphatic heterocycles. The van der Waals surface area contributed by atoms with Gasteiger partial charge in [-0.3, -0.25) is 4.90 Å². The van der Waals surface area contributed by atoms with Crippen molar-refractivity contribution in [1.82, 2.24) is 19.2 Å². The van der Waals surface area contributed by atoms with E-state index in [4.69, 9.17) is 22.1 Å². The first-order chi connectivity index (χ1) is 12.7. The number of nitrogens with zero attached hydrogens (tertiary/aromatic N) is 5. The minimum Gasteiger partial charge on any atom is -0.492 e. The molecule has 2 aromatic rings. The predicted molar refractivity (Wildman–Crippen MR) is 105 cm³/mol. The van der Waals surface area contributed by atoms with Gasteiger partial charge in [0.15, 0.2) is 4.77 Å². The molecule has 1 aromatic heterocycles. The van der Waals surface area contributed by atoms with Crippen LogP contribution in [0, 0.1) is 4.77 Å². The second-order valence-electron chi connectivity index (χ2n) is 7.12. The molecule has 0 N–H and O–H groups in total. The Kier molecular flexibility index (Phi) is 5.00. The highest BCUT2D eigenvalue weighted by atomic mass is 32.1. The van der Waals surface area contributed by atoms with Crippen LogP contribution in [0.15, 0.2) is 24.3 Å². The fourth-order valence-corrected chi connectivity index (χ4v) is 3.80. The Hall–Kier alpha value is -1.86. The Morgan fingerprint density at radius 1 is 1.15 bits per heavy atom. The molecule has 0 amide bonds. The molecule has 26 heavy (non-hydrogen) atoms. The summed E-state index contributed by atoms with van der Waals surface area (Å²) < 4.78 is 10.7. The number of anilines is 1. The summed E-state index contributed by atoms with van der Waals surface area (Å²) in [6.07, 6.45) is 2.50. The van der Waals surface area contributed by atoms with Crippen LogP contribution >= 0.6 is 12.2 Å². The van der Waals surface area contributed by atoms with Gasteiger partial charge in [0.05, 0.1) is 19.0 Å². The molecule has 1 saturated carbocycles. The third-order valence-electron chi connectivity index (χ3n) is 5.23. The molecule has 0 unspecified atom stereocenters. The van der Waals surface area contributed by atoms with Crippen molar-refractivity contribution in [2.75, 3.05) is 37.7 Å². The summed E-state index contributed by atoms with van der Waals surface area (Å²) in [4.78, 5) is 4.84. The maximum atomic E-state index is 5.79. The Bertz CT molecular complexity index is 818. The lowest BCUT2D eigenvalue weighted by atomic mass is 10.2. The van der Waals surface area contributed by atoms with Crippen LogP contribution in [0.2, 0.25) is 0 Å². The number of aromatic nitrogens is 3. The summed E-state index contributed by atoms with van der Waals surface area (Å²) in [5.74, 6) is 2.75. The molecule has 2 aliphatic rings. The van der Waals surface area contributed by atoms with Crippen molar-refractivity contribution in [2.45, 2.75) is 32.4 Å². The molecular formula is C19H27N5OS. The molecule has 7 heteroatoms. The standard InChI is InChI=1S/C19H27N5OS/c1-3-25-17-7-5-4-6-16(17)23-12-10-22(11-13-23)14-24-19(26)21(2)18(20-24)15-8-9-15/h4-7,15H,3,8-14H2,1-2H3. The van der Waals surface area contributed by atoms with Crippen LogP contribution in [0.4, 0.5) is 5.69 Å². The normalized spacial score (nSPS) is 18.3. The van der Waals surface area contributed by atoms with Gasteiger partial charge in [-0.1, -0.05) is 12.1 Å². The summed E-state index contributed by atoms with van der Waals surface area (Å²) >= 11 is 5.59. The molecule has 1 aromatic carbocycles. The lowest BCUT2D eigenvalue weighted by molar-refractivity contribution is 0.193. The van der Waals surface area contributed by atoms with E-state index in [2.05, 4.69) is 32.6 Å². The maximum absolute atomic E-state index is 5.79. The van der Waals surface area contributed by atoms with E-state index in [-0.39, 0.29) is 0 Å². The van der Waals surface area contributed by atoms with Crippen molar-refractivity contribution in [3.05, 3.63) is 34.9 Å². The lowest BCUT2D eigenvalue weighted by Gasteiger charge is -2.36. The maximum Gasteiger partial charge on any atom is 0.198 e. The Morgan fingerprint density at radius 3 is 2.58 bits per heavy atom. The van der Waals surface area contributed by atoms with Crippen LogP contribution in [-0.2, 0) is 13.7 Å². The van der Waals surface area contributed by atoms with Gasteiger partial charge in [-0.2, -0.15) is 5.10 Å². The molecule has 1 aliphatic carbocycles. The first-order valence-corrected chi connectivity index (χ1v) is 9.91. The van der Waals surface area contributed by atoms with E-state index in [0.29, 0.717) is 12.5 Å². The summed E-state index contributed by atoms with van der Waals surface area (Å²) in [7, 11) is 2.04. The Labute approximate surface area is 160 Å². The first-order valence-electron chi connectivity index (χ1n) is 9.50. The third-order valence-corrected chi connectivity index (χ3v) is 5.71. The molecule has 140 valence electrons. The molecule has 4 rings (SSSR count). The third kappa shape index (κ3) is 3.50. The largest absolute Gasteiger partial charge is 0.492 e. The average molecular weight is 374 g/mol. The highest BCUT2D eigenvalue weighted by Gasteiger charge is 2.29. The predicted octanol–water partition coefficient (Wildman–Crippen LogP) is 3.01. The van der Waals surface area contributed by atoms with Crippen molar-refractivity contribution in [3.8, 4) is 5.75 Å². The molecule has 1 saturated heterocycles. The zero-order chi connectivity index (χ0) is 18.1. The second-order valence-corrected chi connectivity index (χ2v) is 7.49. The number of piperazine rings is 1. The smallest absolute Gasteiger partial charge is 0.198 e. The molecule has 0 radical (unpaired) electrons. The van der Waals surface area contributed by atoms with Crippen LogP contribution < -0.4 is 9.64 Å². The number of hydrogen-bond acceptors (Lipinski definition) is 5. The molecule has 0 bridgehead atoms. The van der Waals surface area contributed by atoms with E-state index in [1.807, 2.05) is 24.7 Å². The minimum absolute atomic E-state index is 0.620. The number of benzene rings is 1. The van der Waals surface area contributed by atoms with Gasteiger partial charge in [-0.15, -0.1) is 0 Å². The highest BCUT2D eigenvalue weighted by molar-refractivity contribution is 7.71. The molecule has 0 spiro atoms. The summed E-state index contributed by atoms with van der Waals surface area (Å²) in [6, 6.07) is 8.32. The number of para-hydroxylation sites is 2. The van der Waals surface area contributed by atoms with Crippen LogP contribution in [0.3, 0.4) is 0 Å². The van der Waals surface area contributed by atoms with Crippen LogP contribution in [0.25, 0.3) is 0 Å². The molecule has 2 fully saturated rings. The van der Waals surface area contributed by atoms with E-state index < -0.39 is 0 Å². The van der Waals surface area contributed by atoms with Crippen molar-refractivity contribution in [2.24, 2.45) is 7.05 Å². The van der Waals surface area contributed by atoms with Crippen molar-refractivity contribution in [1.29, 1.82) is 0 Å². The van der Waals surface area contributed by atoms with Gasteiger partial charge in [-0.25, -0.2) is 4.68 Å². The number of hydrogen-bond donors (Lipinski definition) is 0. The summed E-state index contributed by atoms with van der Waals surface area (Å²) in [5.41, 5.74) is 1.19. The number of rotatable bonds is 6. The van der Waals surface area contributed by atoms with Gasteiger partial charge in [0.2, 0.25) is 0 Å². The van der Waals surface area contributed by atoms with E-state index in [9.17, 15) is 0 Å². The Balaban J connectivity index is 1.40. The van der Waals surface area contributed by atoms with Crippen LogP contribution in [0.1, 0.15) is 31.5 Å². The molecule has 6 nitrogen and oxygen atoms in total. The van der Waals surface area contributed by atoms with Crippen molar-refractivity contribution >= 4 is 17.9 Å². The molecule has 2 heterocycles. The Morgan fingerprint density at radius 2 is 1.88 bits per heavy atom. The van der Waals surface area contributed by atoms with Crippen molar-refractivity contribution < 1.29 is 4.74 Å². The fourth-order valence-electron chi connectivity index (χ4n) is 3.61. The summed E-state index contributed by atoms with van der Waals surface area (Å²) in [5, 5.41) is 4.78. The van der Waals surface area contributed by atoms with E-state index in [1.54, 1.807) is 0 Å². The fraction of sp³-hybridized carbons (Fsp3) is 0.579. The van der Waals surface area contributed by atoms with Crippen LogP contribution in [0.5, 0.6) is 5.75 Å². The second kappa shape index (κ2) is 7.40. The van der Waals surface area contributed by atoms with Gasteiger partial charge in [0.1, 0.15) is 11.6 Å². The molecule has 0 atom stereocenters. The average Bonchev–Trinajstić information content (AvgIpc) is 3.46. The molecular weight excluding hydrogens is 346 g/mol. The number of ether oxygens (including phenoxy) is 1.